The van der Waals surface area contributed by atoms with Gasteiger partial charge in [0.1, 0.15) is 0 Å². The maximum absolute atomic E-state index is 13.1. The molecule has 1 saturated carbocycles. The number of piperidine rings is 1. The summed E-state index contributed by atoms with van der Waals surface area (Å²) in [5.41, 5.74) is 5.39. The lowest BCUT2D eigenvalue weighted by atomic mass is 9.89. The van der Waals surface area contributed by atoms with Gasteiger partial charge in [-0.15, -0.1) is 0 Å². The number of nitrogens with one attached hydrogen (secondary N) is 1. The maximum atomic E-state index is 13.1. The molecule has 1 amide bonds. The number of aryl methyl sites for hydroxylation is 1. The predicted octanol–water partition coefficient (Wildman–Crippen LogP) is 4.90. The molecule has 5 heteroatoms. The number of rotatable bonds is 6. The summed E-state index contributed by atoms with van der Waals surface area (Å²) in [4.78, 5) is 22.6. The van der Waals surface area contributed by atoms with Crippen LogP contribution in [0.5, 0.6) is 0 Å². The molecular weight excluding hydrogens is 396 g/mol. The third-order valence-electron chi connectivity index (χ3n) is 7.08. The number of benzene rings is 1. The Balaban J connectivity index is 1.38. The molecule has 0 unspecified atom stereocenters. The van der Waals surface area contributed by atoms with Crippen molar-refractivity contribution in [2.75, 3.05) is 32.1 Å². The number of carbonyl (C=O) groups is 1. The molecule has 2 aliphatic rings. The largest absolute Gasteiger partial charge is 0.378 e. The number of likely N-dealkylation sites (tertiary alicyclic amines) is 1. The fraction of sp³-hybridized carbons (Fsp3) is 0.556. The molecule has 0 spiro atoms. The monoisotopic (exact) mass is 434 g/mol. The van der Waals surface area contributed by atoms with Crippen LogP contribution in [-0.2, 0) is 6.54 Å². The molecule has 4 rings (SSSR count). The minimum atomic E-state index is 0.0720. The predicted molar refractivity (Wildman–Crippen MR) is 131 cm³/mol. The van der Waals surface area contributed by atoms with E-state index >= 15 is 0 Å². The molecule has 2 fully saturated rings. The van der Waals surface area contributed by atoms with Crippen molar-refractivity contribution in [1.29, 1.82) is 0 Å². The standard InChI is InChI=1S/C27H38N4O/c1-20-9-14-25(27(32)29-23-7-5-4-6-8-23)26(28-20)22-15-17-31(18-16-22)19-21-10-12-24(13-11-21)30(2)3/h9-14,22-23H,4-8,15-19H2,1-3H3,(H,29,32). The highest BCUT2D eigenvalue weighted by Gasteiger charge is 2.27. The first kappa shape index (κ1) is 22.8. The molecule has 2 heterocycles. The van der Waals surface area contributed by atoms with Gasteiger partial charge >= 0.3 is 0 Å². The van der Waals surface area contributed by atoms with Crippen LogP contribution in [-0.4, -0.2) is 49.0 Å². The van der Waals surface area contributed by atoms with E-state index < -0.39 is 0 Å². The quantitative estimate of drug-likeness (QED) is 0.703. The molecule has 1 aromatic heterocycles. The number of hydrogen-bond acceptors (Lipinski definition) is 4. The molecular formula is C27H38N4O. The number of carbonyl (C=O) groups excluding carboxylic acids is 1. The Hall–Kier alpha value is -2.40. The topological polar surface area (TPSA) is 48.5 Å². The highest BCUT2D eigenvalue weighted by Crippen LogP contribution is 2.30. The summed E-state index contributed by atoms with van der Waals surface area (Å²) >= 11 is 0. The number of pyridine rings is 1. The second kappa shape index (κ2) is 10.5. The van der Waals surface area contributed by atoms with Crippen molar-refractivity contribution in [2.24, 2.45) is 0 Å². The molecule has 0 radical (unpaired) electrons. The zero-order chi connectivity index (χ0) is 22.5. The van der Waals surface area contributed by atoms with Gasteiger partial charge in [0.15, 0.2) is 0 Å². The minimum Gasteiger partial charge on any atom is -0.378 e. The van der Waals surface area contributed by atoms with Gasteiger partial charge in [0.05, 0.1) is 11.3 Å². The van der Waals surface area contributed by atoms with Gasteiger partial charge in [0, 0.05) is 44.0 Å². The summed E-state index contributed by atoms with van der Waals surface area (Å²) in [5.74, 6) is 0.428. The van der Waals surface area contributed by atoms with Crippen molar-refractivity contribution in [3.8, 4) is 0 Å². The Labute approximate surface area is 193 Å². The third kappa shape index (κ3) is 5.69. The van der Waals surface area contributed by atoms with Crippen LogP contribution in [0.2, 0.25) is 0 Å². The van der Waals surface area contributed by atoms with Crippen molar-refractivity contribution in [2.45, 2.75) is 70.4 Å². The summed E-state index contributed by atoms with van der Waals surface area (Å²) in [6.45, 7) is 5.09. The highest BCUT2D eigenvalue weighted by atomic mass is 16.1. The smallest absolute Gasteiger partial charge is 0.253 e. The summed E-state index contributed by atoms with van der Waals surface area (Å²) in [7, 11) is 4.14. The van der Waals surface area contributed by atoms with Gasteiger partial charge in [0.2, 0.25) is 0 Å². The first-order valence-corrected chi connectivity index (χ1v) is 12.3. The van der Waals surface area contributed by atoms with Crippen LogP contribution in [0.15, 0.2) is 36.4 Å². The zero-order valence-corrected chi connectivity index (χ0v) is 19.9. The number of nitrogens with zero attached hydrogens (tertiary/aromatic N) is 3. The molecule has 32 heavy (non-hydrogen) atoms. The number of aromatic nitrogens is 1. The molecule has 5 nitrogen and oxygen atoms in total. The van der Waals surface area contributed by atoms with E-state index in [1.807, 2.05) is 19.1 Å². The van der Waals surface area contributed by atoms with Crippen LogP contribution in [0.4, 0.5) is 5.69 Å². The van der Waals surface area contributed by atoms with E-state index in [1.54, 1.807) is 0 Å². The molecule has 1 N–H and O–H groups in total. The van der Waals surface area contributed by atoms with Gasteiger partial charge in [0.25, 0.3) is 5.91 Å². The molecule has 2 aromatic rings. The Morgan fingerprint density at radius 3 is 2.34 bits per heavy atom. The Bertz CT molecular complexity index is 894. The van der Waals surface area contributed by atoms with Crippen molar-refractivity contribution >= 4 is 11.6 Å². The van der Waals surface area contributed by atoms with Gasteiger partial charge < -0.3 is 10.2 Å². The third-order valence-corrected chi connectivity index (χ3v) is 7.08. The van der Waals surface area contributed by atoms with Gasteiger partial charge in [-0.3, -0.25) is 14.7 Å². The molecule has 0 atom stereocenters. The molecule has 1 saturated heterocycles. The van der Waals surface area contributed by atoms with Crippen molar-refractivity contribution < 1.29 is 4.79 Å². The number of amides is 1. The summed E-state index contributed by atoms with van der Waals surface area (Å²) in [5, 5.41) is 3.30. The first-order chi connectivity index (χ1) is 15.5. The summed E-state index contributed by atoms with van der Waals surface area (Å²) < 4.78 is 0. The average Bonchev–Trinajstić information content (AvgIpc) is 2.80. The van der Waals surface area contributed by atoms with Gasteiger partial charge in [-0.05, 0) is 75.5 Å². The summed E-state index contributed by atoms with van der Waals surface area (Å²) in [6, 6.07) is 13.1. The average molecular weight is 435 g/mol. The SMILES string of the molecule is Cc1ccc(C(=O)NC2CCCCC2)c(C2CCN(Cc3ccc(N(C)C)cc3)CC2)n1. The van der Waals surface area contributed by atoms with Gasteiger partial charge in [-0.25, -0.2) is 0 Å². The number of hydrogen-bond donors (Lipinski definition) is 1. The van der Waals surface area contributed by atoms with E-state index in [-0.39, 0.29) is 5.91 Å². The van der Waals surface area contributed by atoms with Gasteiger partial charge in [-0.1, -0.05) is 31.4 Å². The fourth-order valence-corrected chi connectivity index (χ4v) is 5.11. The lowest BCUT2D eigenvalue weighted by Gasteiger charge is -2.32. The Morgan fingerprint density at radius 2 is 1.69 bits per heavy atom. The minimum absolute atomic E-state index is 0.0720. The van der Waals surface area contributed by atoms with Crippen LogP contribution in [0, 0.1) is 6.92 Å². The first-order valence-electron chi connectivity index (χ1n) is 12.3. The van der Waals surface area contributed by atoms with E-state index in [0.29, 0.717) is 12.0 Å². The van der Waals surface area contributed by atoms with Crippen LogP contribution < -0.4 is 10.2 Å². The van der Waals surface area contributed by atoms with Crippen molar-refractivity contribution in [3.63, 3.8) is 0 Å². The van der Waals surface area contributed by atoms with Crippen LogP contribution in [0.1, 0.15) is 78.2 Å². The van der Waals surface area contributed by atoms with Crippen molar-refractivity contribution in [3.05, 3.63) is 58.9 Å². The van der Waals surface area contributed by atoms with Crippen LogP contribution >= 0.6 is 0 Å². The second-order valence-electron chi connectivity index (χ2n) is 9.81. The number of anilines is 1. The van der Waals surface area contributed by atoms with Crippen LogP contribution in [0.3, 0.4) is 0 Å². The van der Waals surface area contributed by atoms with E-state index in [2.05, 4.69) is 53.5 Å². The van der Waals surface area contributed by atoms with Crippen molar-refractivity contribution in [1.82, 2.24) is 15.2 Å². The summed E-state index contributed by atoms with van der Waals surface area (Å²) in [6.07, 6.45) is 8.05. The molecule has 1 aromatic carbocycles. The van der Waals surface area contributed by atoms with Gasteiger partial charge in [-0.2, -0.15) is 0 Å². The fourth-order valence-electron chi connectivity index (χ4n) is 5.11. The molecule has 0 bridgehead atoms. The Morgan fingerprint density at radius 1 is 1.00 bits per heavy atom. The molecule has 1 aliphatic carbocycles. The van der Waals surface area contributed by atoms with E-state index in [1.165, 1.54) is 30.5 Å². The second-order valence-corrected chi connectivity index (χ2v) is 9.81. The van der Waals surface area contributed by atoms with E-state index in [0.717, 1.165) is 62.3 Å². The Kier molecular flexibility index (Phi) is 7.46. The highest BCUT2D eigenvalue weighted by molar-refractivity contribution is 5.95. The zero-order valence-electron chi connectivity index (χ0n) is 19.9. The molecule has 172 valence electrons. The van der Waals surface area contributed by atoms with E-state index in [4.69, 9.17) is 4.98 Å². The lowest BCUT2D eigenvalue weighted by Crippen LogP contribution is -2.38. The molecule has 1 aliphatic heterocycles. The maximum Gasteiger partial charge on any atom is 0.253 e. The normalized spacial score (nSPS) is 18.5. The van der Waals surface area contributed by atoms with Crippen LogP contribution in [0.25, 0.3) is 0 Å². The lowest BCUT2D eigenvalue weighted by molar-refractivity contribution is 0.0924. The van der Waals surface area contributed by atoms with E-state index in [9.17, 15) is 4.79 Å².